The maximum atomic E-state index is 2.36. The van der Waals surface area contributed by atoms with Crippen LogP contribution < -0.4 is 9.13 Å². The zero-order valence-corrected chi connectivity index (χ0v) is 20.7. The third-order valence-electron chi connectivity index (χ3n) is 6.23. The summed E-state index contributed by atoms with van der Waals surface area (Å²) in [6.45, 7) is 11.0. The SMILES string of the molecule is Cc1cc(C)c[n+](CCCCCc2ccccc2CCCCC[n+]2cc(C)cc(C)c2)c1. The number of aryl methyl sites for hydroxylation is 8. The molecule has 0 saturated heterocycles. The molecule has 3 rings (SSSR count). The molecule has 3 aromatic rings. The number of unbranched alkanes of at least 4 members (excludes halogenated alkanes) is 4. The first kappa shape index (κ1) is 24.2. The zero-order chi connectivity index (χ0) is 22.8. The summed E-state index contributed by atoms with van der Waals surface area (Å²) in [6, 6.07) is 13.6. The van der Waals surface area contributed by atoms with E-state index in [4.69, 9.17) is 0 Å². The van der Waals surface area contributed by atoms with E-state index in [1.54, 1.807) is 11.1 Å². The van der Waals surface area contributed by atoms with Crippen molar-refractivity contribution < 1.29 is 9.13 Å². The van der Waals surface area contributed by atoms with Crippen molar-refractivity contribution in [3.63, 3.8) is 0 Å². The Morgan fingerprint density at radius 3 is 1.25 bits per heavy atom. The van der Waals surface area contributed by atoms with E-state index < -0.39 is 0 Å². The van der Waals surface area contributed by atoms with Crippen molar-refractivity contribution in [2.75, 3.05) is 0 Å². The molecule has 0 aliphatic carbocycles. The van der Waals surface area contributed by atoms with Gasteiger partial charge in [-0.3, -0.25) is 0 Å². The molecule has 2 aromatic heterocycles. The fourth-order valence-electron chi connectivity index (χ4n) is 4.86. The molecule has 2 heteroatoms. The van der Waals surface area contributed by atoms with Gasteiger partial charge in [0.15, 0.2) is 24.8 Å². The Morgan fingerprint density at radius 2 is 0.875 bits per heavy atom. The molecule has 1 aromatic carbocycles. The third-order valence-corrected chi connectivity index (χ3v) is 6.23. The van der Waals surface area contributed by atoms with Crippen LogP contribution in [-0.2, 0) is 25.9 Å². The summed E-state index contributed by atoms with van der Waals surface area (Å²) in [5.41, 5.74) is 8.54. The predicted molar refractivity (Wildman–Crippen MR) is 134 cm³/mol. The lowest BCUT2D eigenvalue weighted by Gasteiger charge is -2.09. The molecule has 2 heterocycles. The van der Waals surface area contributed by atoms with Gasteiger partial charge < -0.3 is 0 Å². The van der Waals surface area contributed by atoms with Gasteiger partial charge in [0.25, 0.3) is 0 Å². The quantitative estimate of drug-likeness (QED) is 0.235. The van der Waals surface area contributed by atoms with Crippen molar-refractivity contribution in [2.24, 2.45) is 0 Å². The number of pyridine rings is 2. The fourth-order valence-corrected chi connectivity index (χ4v) is 4.86. The van der Waals surface area contributed by atoms with Gasteiger partial charge in [0, 0.05) is 35.1 Å². The van der Waals surface area contributed by atoms with E-state index in [1.807, 2.05) is 0 Å². The lowest BCUT2D eigenvalue weighted by atomic mass is 9.97. The van der Waals surface area contributed by atoms with Crippen molar-refractivity contribution in [1.29, 1.82) is 0 Å². The van der Waals surface area contributed by atoms with Crippen molar-refractivity contribution in [1.82, 2.24) is 0 Å². The molecule has 0 spiro atoms. The van der Waals surface area contributed by atoms with Crippen LogP contribution in [0, 0.1) is 27.7 Å². The van der Waals surface area contributed by atoms with E-state index in [1.165, 1.54) is 73.6 Å². The van der Waals surface area contributed by atoms with Gasteiger partial charge in [-0.25, -0.2) is 9.13 Å². The summed E-state index contributed by atoms with van der Waals surface area (Å²) in [6.07, 6.45) is 19.2. The molecule has 2 nitrogen and oxygen atoms in total. The number of hydrogen-bond donors (Lipinski definition) is 0. The number of aromatic nitrogens is 2. The highest BCUT2D eigenvalue weighted by Gasteiger charge is 2.06. The molecule has 0 radical (unpaired) electrons. The van der Waals surface area contributed by atoms with Crippen LogP contribution in [-0.4, -0.2) is 0 Å². The van der Waals surface area contributed by atoms with E-state index in [9.17, 15) is 0 Å². The molecule has 170 valence electrons. The van der Waals surface area contributed by atoms with E-state index in [0.29, 0.717) is 0 Å². The topological polar surface area (TPSA) is 7.76 Å². The standard InChI is InChI=1S/C30H42N2/c1-25-19-26(2)22-31(21-25)17-11-5-7-13-29-15-9-10-16-30(29)14-8-6-12-18-32-23-27(3)20-28(4)24-32/h9-10,15-16,19-24H,5-8,11-14,17-18H2,1-4H3/q+2. The molecule has 0 N–H and O–H groups in total. The van der Waals surface area contributed by atoms with Crippen LogP contribution in [0.2, 0.25) is 0 Å². The summed E-state index contributed by atoms with van der Waals surface area (Å²) in [5.74, 6) is 0. The van der Waals surface area contributed by atoms with Gasteiger partial charge in [-0.1, -0.05) is 24.3 Å². The van der Waals surface area contributed by atoms with Gasteiger partial charge in [0.05, 0.1) is 0 Å². The van der Waals surface area contributed by atoms with Crippen LogP contribution in [0.4, 0.5) is 0 Å². The molecule has 32 heavy (non-hydrogen) atoms. The monoisotopic (exact) mass is 430 g/mol. The first-order valence-corrected chi connectivity index (χ1v) is 12.5. The maximum Gasteiger partial charge on any atom is 0.171 e. The van der Waals surface area contributed by atoms with E-state index in [2.05, 4.69) is 98.0 Å². The molecule has 0 atom stereocenters. The average Bonchev–Trinajstić information content (AvgIpc) is 2.73. The van der Waals surface area contributed by atoms with E-state index >= 15 is 0 Å². The Kier molecular flexibility index (Phi) is 9.46. The maximum absolute atomic E-state index is 2.36. The Bertz CT molecular complexity index is 869. The fraction of sp³-hybridized carbons (Fsp3) is 0.467. The van der Waals surface area contributed by atoms with E-state index in [0.717, 1.165) is 13.1 Å². The minimum absolute atomic E-state index is 1.13. The predicted octanol–water partition coefficient (Wildman–Crippen LogP) is 6.32. The molecule has 0 saturated carbocycles. The smallest absolute Gasteiger partial charge is 0.171 e. The van der Waals surface area contributed by atoms with Gasteiger partial charge in [0.1, 0.15) is 13.1 Å². The third kappa shape index (κ3) is 8.22. The second-order valence-electron chi connectivity index (χ2n) is 9.65. The molecular formula is C30H42N2+2. The van der Waals surface area contributed by atoms with Crippen molar-refractivity contribution in [2.45, 2.75) is 92.2 Å². The summed E-state index contributed by atoms with van der Waals surface area (Å²) in [5, 5.41) is 0. The van der Waals surface area contributed by atoms with Crippen molar-refractivity contribution in [3.05, 3.63) is 94.6 Å². The first-order valence-electron chi connectivity index (χ1n) is 12.5. The summed E-state index contributed by atoms with van der Waals surface area (Å²) >= 11 is 0. The van der Waals surface area contributed by atoms with Crippen LogP contribution >= 0.6 is 0 Å². The number of rotatable bonds is 12. The Balaban J connectivity index is 1.36. The minimum Gasteiger partial charge on any atom is -0.205 e. The van der Waals surface area contributed by atoms with E-state index in [-0.39, 0.29) is 0 Å². The summed E-state index contributed by atoms with van der Waals surface area (Å²) in [4.78, 5) is 0. The number of nitrogens with zero attached hydrogens (tertiary/aromatic N) is 2. The highest BCUT2D eigenvalue weighted by atomic mass is 14.9. The van der Waals surface area contributed by atoms with Crippen LogP contribution in [0.3, 0.4) is 0 Å². The van der Waals surface area contributed by atoms with Crippen LogP contribution in [0.15, 0.2) is 61.2 Å². The van der Waals surface area contributed by atoms with Crippen LogP contribution in [0.1, 0.15) is 71.9 Å². The summed E-state index contributed by atoms with van der Waals surface area (Å²) < 4.78 is 4.71. The second kappa shape index (κ2) is 12.5. The molecule has 0 unspecified atom stereocenters. The normalized spacial score (nSPS) is 11.1. The molecule has 0 aliphatic heterocycles. The largest absolute Gasteiger partial charge is 0.205 e. The molecule has 0 fully saturated rings. The molecule has 0 bridgehead atoms. The number of hydrogen-bond acceptors (Lipinski definition) is 0. The van der Waals surface area contributed by atoms with Crippen LogP contribution in [0.5, 0.6) is 0 Å². The lowest BCUT2D eigenvalue weighted by Crippen LogP contribution is -2.33. The van der Waals surface area contributed by atoms with Gasteiger partial charge in [-0.15, -0.1) is 0 Å². The van der Waals surface area contributed by atoms with Gasteiger partial charge in [0.2, 0.25) is 0 Å². The average molecular weight is 431 g/mol. The highest BCUT2D eigenvalue weighted by molar-refractivity contribution is 5.27. The van der Waals surface area contributed by atoms with Crippen molar-refractivity contribution in [3.8, 4) is 0 Å². The zero-order valence-electron chi connectivity index (χ0n) is 20.7. The van der Waals surface area contributed by atoms with Gasteiger partial charge in [-0.2, -0.15) is 0 Å². The minimum atomic E-state index is 1.13. The first-order chi connectivity index (χ1) is 15.5. The van der Waals surface area contributed by atoms with Gasteiger partial charge >= 0.3 is 0 Å². The Hall–Kier alpha value is -2.48. The van der Waals surface area contributed by atoms with Crippen LogP contribution in [0.25, 0.3) is 0 Å². The molecule has 0 aliphatic rings. The highest BCUT2D eigenvalue weighted by Crippen LogP contribution is 2.16. The summed E-state index contributed by atoms with van der Waals surface area (Å²) in [7, 11) is 0. The van der Waals surface area contributed by atoms with Crippen molar-refractivity contribution >= 4 is 0 Å². The lowest BCUT2D eigenvalue weighted by molar-refractivity contribution is -0.698. The number of benzene rings is 1. The molecule has 0 amide bonds. The Morgan fingerprint density at radius 1 is 0.500 bits per heavy atom. The second-order valence-corrected chi connectivity index (χ2v) is 9.65. The molecular weight excluding hydrogens is 388 g/mol. The van der Waals surface area contributed by atoms with Gasteiger partial charge in [-0.05, 0) is 89.5 Å². The Labute approximate surface area is 196 Å².